The van der Waals surface area contributed by atoms with Crippen LogP contribution in [-0.2, 0) is 26.0 Å². The molecule has 0 radical (unpaired) electrons. The Balaban J connectivity index is 1.23. The molecule has 0 unspecified atom stereocenters. The van der Waals surface area contributed by atoms with Gasteiger partial charge in [0.2, 0.25) is 15.9 Å². The van der Waals surface area contributed by atoms with Gasteiger partial charge in [0.25, 0.3) is 0 Å². The molecular weight excluding hydrogens is 450 g/mol. The molecule has 2 saturated heterocycles. The second kappa shape index (κ2) is 10.7. The standard InChI is InChI=1S/C21H29N5O4S2/c27-21(22-6-5-18-2-1-15-31-18)17-24-7-9-25(10-8-24)20-4-3-19(16-23-20)32(28,29)26-11-13-30-14-12-26/h1-4,15-16H,5-14,17H2,(H,22,27). The molecule has 0 aliphatic carbocycles. The largest absolute Gasteiger partial charge is 0.379 e. The summed E-state index contributed by atoms with van der Waals surface area (Å²) in [5.74, 6) is 0.803. The van der Waals surface area contributed by atoms with Crippen LogP contribution in [0.25, 0.3) is 0 Å². The van der Waals surface area contributed by atoms with E-state index < -0.39 is 10.0 Å². The maximum absolute atomic E-state index is 12.7. The summed E-state index contributed by atoms with van der Waals surface area (Å²) in [6, 6.07) is 7.49. The van der Waals surface area contributed by atoms with E-state index in [1.54, 1.807) is 23.5 Å². The number of carbonyl (C=O) groups is 1. The van der Waals surface area contributed by atoms with Crippen LogP contribution in [0.4, 0.5) is 5.82 Å². The van der Waals surface area contributed by atoms with Crippen LogP contribution in [0.2, 0.25) is 0 Å². The predicted octanol–water partition coefficient (Wildman–Crippen LogP) is 0.645. The van der Waals surface area contributed by atoms with Crippen LogP contribution >= 0.6 is 11.3 Å². The van der Waals surface area contributed by atoms with Crippen LogP contribution in [0.1, 0.15) is 4.88 Å². The SMILES string of the molecule is O=C(CN1CCN(c2ccc(S(=O)(=O)N3CCOCC3)cn2)CC1)NCCc1cccs1. The molecule has 0 aromatic carbocycles. The lowest BCUT2D eigenvalue weighted by atomic mass is 10.3. The number of thiophene rings is 1. The van der Waals surface area contributed by atoms with Crippen molar-refractivity contribution in [3.63, 3.8) is 0 Å². The lowest BCUT2D eigenvalue weighted by Gasteiger charge is -2.35. The molecule has 174 valence electrons. The predicted molar refractivity (Wildman–Crippen MR) is 124 cm³/mol. The monoisotopic (exact) mass is 479 g/mol. The summed E-state index contributed by atoms with van der Waals surface area (Å²) in [4.78, 5) is 22.4. The summed E-state index contributed by atoms with van der Waals surface area (Å²) in [5.41, 5.74) is 0. The zero-order valence-electron chi connectivity index (χ0n) is 18.0. The van der Waals surface area contributed by atoms with Gasteiger partial charge in [-0.25, -0.2) is 13.4 Å². The number of nitrogens with one attached hydrogen (secondary N) is 1. The van der Waals surface area contributed by atoms with Gasteiger partial charge in [-0.15, -0.1) is 11.3 Å². The van der Waals surface area contributed by atoms with E-state index in [0.29, 0.717) is 39.4 Å². The van der Waals surface area contributed by atoms with Gasteiger partial charge < -0.3 is 15.0 Å². The number of piperazine rings is 1. The van der Waals surface area contributed by atoms with Gasteiger partial charge in [0.15, 0.2) is 0 Å². The average Bonchev–Trinajstić information content (AvgIpc) is 3.34. The average molecular weight is 480 g/mol. The Morgan fingerprint density at radius 3 is 2.53 bits per heavy atom. The highest BCUT2D eigenvalue weighted by Crippen LogP contribution is 2.20. The van der Waals surface area contributed by atoms with Crippen LogP contribution in [-0.4, -0.2) is 94.1 Å². The van der Waals surface area contributed by atoms with Crippen LogP contribution in [0.5, 0.6) is 0 Å². The van der Waals surface area contributed by atoms with Crippen molar-refractivity contribution in [3.05, 3.63) is 40.7 Å². The van der Waals surface area contributed by atoms with E-state index in [2.05, 4.69) is 26.2 Å². The zero-order chi connectivity index (χ0) is 22.4. The Morgan fingerprint density at radius 2 is 1.88 bits per heavy atom. The van der Waals surface area contributed by atoms with Crippen molar-refractivity contribution < 1.29 is 17.9 Å². The molecule has 2 aromatic rings. The third kappa shape index (κ3) is 5.84. The van der Waals surface area contributed by atoms with E-state index in [-0.39, 0.29) is 10.8 Å². The van der Waals surface area contributed by atoms with E-state index >= 15 is 0 Å². The van der Waals surface area contributed by atoms with Crippen LogP contribution in [0, 0.1) is 0 Å². The number of morpholine rings is 1. The Labute approximate surface area is 193 Å². The van der Waals surface area contributed by atoms with E-state index in [0.717, 1.165) is 38.4 Å². The van der Waals surface area contributed by atoms with Gasteiger partial charge in [0, 0.05) is 56.9 Å². The summed E-state index contributed by atoms with van der Waals surface area (Å²) in [6.45, 7) is 5.62. The maximum Gasteiger partial charge on any atom is 0.244 e. The van der Waals surface area contributed by atoms with Gasteiger partial charge in [-0.2, -0.15) is 4.31 Å². The summed E-state index contributed by atoms with van der Waals surface area (Å²) in [6.07, 6.45) is 2.30. The Kier molecular flexibility index (Phi) is 7.74. The lowest BCUT2D eigenvalue weighted by molar-refractivity contribution is -0.122. The molecule has 0 spiro atoms. The highest BCUT2D eigenvalue weighted by Gasteiger charge is 2.27. The molecule has 2 aliphatic heterocycles. The smallest absolute Gasteiger partial charge is 0.244 e. The first-order valence-electron chi connectivity index (χ1n) is 10.8. The molecule has 2 fully saturated rings. The number of pyridine rings is 1. The molecule has 11 heteroatoms. The van der Waals surface area contributed by atoms with Crippen molar-refractivity contribution in [2.75, 3.05) is 70.5 Å². The minimum absolute atomic E-state index is 0.0470. The normalized spacial score (nSPS) is 18.6. The minimum Gasteiger partial charge on any atom is -0.379 e. The van der Waals surface area contributed by atoms with E-state index in [9.17, 15) is 13.2 Å². The molecule has 2 aliphatic rings. The van der Waals surface area contributed by atoms with Crippen molar-refractivity contribution in [3.8, 4) is 0 Å². The third-order valence-corrected chi connectivity index (χ3v) is 8.48. The summed E-state index contributed by atoms with van der Waals surface area (Å²) >= 11 is 1.70. The number of aromatic nitrogens is 1. The molecule has 0 saturated carbocycles. The van der Waals surface area contributed by atoms with Crippen molar-refractivity contribution in [2.45, 2.75) is 11.3 Å². The third-order valence-electron chi connectivity index (χ3n) is 5.67. The van der Waals surface area contributed by atoms with Crippen molar-refractivity contribution >= 4 is 33.1 Å². The Bertz CT molecular complexity index is 968. The van der Waals surface area contributed by atoms with E-state index in [4.69, 9.17) is 4.74 Å². The van der Waals surface area contributed by atoms with Crippen LogP contribution in [0.15, 0.2) is 40.7 Å². The summed E-state index contributed by atoms with van der Waals surface area (Å²) in [5, 5.41) is 5.03. The maximum atomic E-state index is 12.7. The van der Waals surface area contributed by atoms with E-state index in [1.165, 1.54) is 15.4 Å². The second-order valence-corrected chi connectivity index (χ2v) is 10.8. The Hall–Kier alpha value is -2.05. The van der Waals surface area contributed by atoms with Gasteiger partial charge in [-0.3, -0.25) is 9.69 Å². The molecule has 2 aromatic heterocycles. The van der Waals surface area contributed by atoms with Crippen LogP contribution in [0.3, 0.4) is 0 Å². The molecular formula is C21H29N5O4S2. The Morgan fingerprint density at radius 1 is 1.09 bits per heavy atom. The quantitative estimate of drug-likeness (QED) is 0.594. The van der Waals surface area contributed by atoms with Crippen molar-refractivity contribution in [1.82, 2.24) is 19.5 Å². The minimum atomic E-state index is -3.53. The van der Waals surface area contributed by atoms with Gasteiger partial charge in [-0.05, 0) is 30.0 Å². The lowest BCUT2D eigenvalue weighted by Crippen LogP contribution is -2.49. The van der Waals surface area contributed by atoms with Crippen molar-refractivity contribution in [1.29, 1.82) is 0 Å². The first-order valence-corrected chi connectivity index (χ1v) is 13.1. The van der Waals surface area contributed by atoms with Gasteiger partial charge in [0.05, 0.1) is 19.8 Å². The molecule has 0 atom stereocenters. The first kappa shape index (κ1) is 23.1. The molecule has 1 N–H and O–H groups in total. The molecule has 0 bridgehead atoms. The molecule has 4 heterocycles. The number of hydrogen-bond acceptors (Lipinski definition) is 8. The second-order valence-electron chi connectivity index (χ2n) is 7.81. The van der Waals surface area contributed by atoms with Gasteiger partial charge in [0.1, 0.15) is 10.7 Å². The van der Waals surface area contributed by atoms with Gasteiger partial charge in [-0.1, -0.05) is 6.07 Å². The van der Waals surface area contributed by atoms with Crippen LogP contribution < -0.4 is 10.2 Å². The fourth-order valence-electron chi connectivity index (χ4n) is 3.82. The summed E-state index contributed by atoms with van der Waals surface area (Å²) < 4.78 is 32.2. The van der Waals surface area contributed by atoms with Gasteiger partial charge >= 0.3 is 0 Å². The molecule has 32 heavy (non-hydrogen) atoms. The van der Waals surface area contributed by atoms with E-state index in [1.807, 2.05) is 11.4 Å². The highest BCUT2D eigenvalue weighted by atomic mass is 32.2. The number of nitrogens with zero attached hydrogens (tertiary/aromatic N) is 4. The topological polar surface area (TPSA) is 95.1 Å². The first-order chi connectivity index (χ1) is 15.5. The molecule has 9 nitrogen and oxygen atoms in total. The number of carbonyl (C=O) groups excluding carboxylic acids is 1. The molecule has 4 rings (SSSR count). The number of rotatable bonds is 8. The highest BCUT2D eigenvalue weighted by molar-refractivity contribution is 7.89. The number of anilines is 1. The summed E-state index contributed by atoms with van der Waals surface area (Å²) in [7, 11) is -3.53. The number of hydrogen-bond donors (Lipinski definition) is 1. The molecule has 1 amide bonds. The number of amides is 1. The fraction of sp³-hybridized carbons (Fsp3) is 0.524. The fourth-order valence-corrected chi connectivity index (χ4v) is 5.89. The van der Waals surface area contributed by atoms with Crippen molar-refractivity contribution in [2.24, 2.45) is 0 Å². The zero-order valence-corrected chi connectivity index (χ0v) is 19.6. The number of sulfonamides is 1. The number of ether oxygens (including phenoxy) is 1.